The van der Waals surface area contributed by atoms with Gasteiger partial charge in [0.2, 0.25) is 0 Å². The van der Waals surface area contributed by atoms with Crippen LogP contribution in [-0.2, 0) is 0 Å². The van der Waals surface area contributed by atoms with Crippen LogP contribution in [0.5, 0.6) is 11.5 Å². The minimum atomic E-state index is -3.19. The second kappa shape index (κ2) is 7.39. The number of halogens is 2. The van der Waals surface area contributed by atoms with Crippen LogP contribution < -0.4 is 20.5 Å². The summed E-state index contributed by atoms with van der Waals surface area (Å²) in [5.74, 6) is -1.13. The van der Waals surface area contributed by atoms with Crippen LogP contribution in [0.1, 0.15) is 23.2 Å². The zero-order valence-corrected chi connectivity index (χ0v) is 12.8. The summed E-state index contributed by atoms with van der Waals surface area (Å²) in [6.07, 6.45) is 1.98. The maximum absolute atomic E-state index is 12.4. The van der Waals surface area contributed by atoms with Crippen molar-refractivity contribution in [3.05, 3.63) is 27.8 Å². The lowest BCUT2D eigenvalue weighted by Crippen LogP contribution is -2.38. The van der Waals surface area contributed by atoms with Gasteiger partial charge in [-0.1, -0.05) is 0 Å². The van der Waals surface area contributed by atoms with E-state index in [-0.39, 0.29) is 23.9 Å². The predicted molar refractivity (Wildman–Crippen MR) is 79.3 cm³/mol. The Labute approximate surface area is 136 Å². The molecule has 3 N–H and O–H groups in total. The number of nitrogens with two attached hydrogens (primary N) is 1. The first kappa shape index (κ1) is 17.9. The standard InChI is InChI=1S/C14H17F2N3O5/c1-23-11-4-8(13(20)18-6-9(17)7-2-3-7)10(19(21)22)5-12(11)24-14(15)16/h4-5,7,9,14H,2-3,6,17H2,1H3,(H,18,20). The van der Waals surface area contributed by atoms with Gasteiger partial charge in [-0.15, -0.1) is 0 Å². The van der Waals surface area contributed by atoms with Crippen LogP contribution in [-0.4, -0.2) is 37.1 Å². The van der Waals surface area contributed by atoms with Crippen molar-refractivity contribution >= 4 is 11.6 Å². The number of hydrogen-bond donors (Lipinski definition) is 2. The third-order valence-corrected chi connectivity index (χ3v) is 3.67. The zero-order valence-electron chi connectivity index (χ0n) is 12.8. The fraction of sp³-hybridized carbons (Fsp3) is 0.500. The van der Waals surface area contributed by atoms with E-state index in [9.17, 15) is 23.7 Å². The molecule has 10 heteroatoms. The van der Waals surface area contributed by atoms with E-state index in [0.29, 0.717) is 5.92 Å². The topological polar surface area (TPSA) is 117 Å². The Morgan fingerprint density at radius 2 is 2.12 bits per heavy atom. The Balaban J connectivity index is 2.25. The molecule has 0 heterocycles. The lowest BCUT2D eigenvalue weighted by atomic mass is 10.1. The number of nitro groups is 1. The number of nitrogens with zero attached hydrogens (tertiary/aromatic N) is 1. The highest BCUT2D eigenvalue weighted by molar-refractivity contribution is 5.99. The number of carbonyl (C=O) groups is 1. The maximum atomic E-state index is 12.4. The molecule has 1 aromatic rings. The van der Waals surface area contributed by atoms with Gasteiger partial charge in [0.05, 0.1) is 18.1 Å². The molecule has 1 aliphatic carbocycles. The summed E-state index contributed by atoms with van der Waals surface area (Å²) in [6.45, 7) is -3.02. The normalized spacial score (nSPS) is 15.0. The van der Waals surface area contributed by atoms with E-state index < -0.39 is 28.9 Å². The first-order valence-corrected chi connectivity index (χ1v) is 7.18. The third kappa shape index (κ3) is 4.28. The molecule has 1 amide bonds. The lowest BCUT2D eigenvalue weighted by molar-refractivity contribution is -0.385. The van der Waals surface area contributed by atoms with Crippen molar-refractivity contribution in [3.8, 4) is 11.5 Å². The van der Waals surface area contributed by atoms with Crippen LogP contribution in [0.25, 0.3) is 0 Å². The van der Waals surface area contributed by atoms with Gasteiger partial charge >= 0.3 is 6.61 Å². The monoisotopic (exact) mass is 345 g/mol. The summed E-state index contributed by atoms with van der Waals surface area (Å²) in [5.41, 5.74) is 4.88. The molecule has 2 rings (SSSR count). The number of alkyl halides is 2. The molecule has 24 heavy (non-hydrogen) atoms. The molecule has 0 radical (unpaired) electrons. The van der Waals surface area contributed by atoms with Gasteiger partial charge in [-0.05, 0) is 18.8 Å². The number of benzene rings is 1. The first-order chi connectivity index (χ1) is 11.3. The quantitative estimate of drug-likeness (QED) is 0.547. The summed E-state index contributed by atoms with van der Waals surface area (Å²) in [4.78, 5) is 22.5. The van der Waals surface area contributed by atoms with E-state index in [1.54, 1.807) is 0 Å². The number of rotatable bonds is 8. The molecule has 1 aliphatic rings. The van der Waals surface area contributed by atoms with Gasteiger partial charge in [-0.25, -0.2) is 0 Å². The number of hydrogen-bond acceptors (Lipinski definition) is 6. The second-order valence-electron chi connectivity index (χ2n) is 5.37. The minimum Gasteiger partial charge on any atom is -0.493 e. The zero-order chi connectivity index (χ0) is 17.9. The van der Waals surface area contributed by atoms with Crippen molar-refractivity contribution in [2.45, 2.75) is 25.5 Å². The summed E-state index contributed by atoms with van der Waals surface area (Å²) in [7, 11) is 1.17. The lowest BCUT2D eigenvalue weighted by Gasteiger charge is -2.14. The summed E-state index contributed by atoms with van der Waals surface area (Å²) < 4.78 is 33.8. The molecule has 1 atom stereocenters. The molecule has 0 saturated heterocycles. The highest BCUT2D eigenvalue weighted by Gasteiger charge is 2.30. The predicted octanol–water partition coefficient (Wildman–Crippen LogP) is 1.67. The van der Waals surface area contributed by atoms with Crippen LogP contribution in [0.2, 0.25) is 0 Å². The van der Waals surface area contributed by atoms with Gasteiger partial charge in [0.15, 0.2) is 11.5 Å². The van der Waals surface area contributed by atoms with E-state index in [2.05, 4.69) is 10.1 Å². The molecule has 0 aromatic heterocycles. The van der Waals surface area contributed by atoms with Crippen molar-refractivity contribution in [2.75, 3.05) is 13.7 Å². The van der Waals surface area contributed by atoms with Gasteiger partial charge < -0.3 is 20.5 Å². The van der Waals surface area contributed by atoms with Crippen molar-refractivity contribution in [1.82, 2.24) is 5.32 Å². The molecule has 0 spiro atoms. The van der Waals surface area contributed by atoms with Crippen LogP contribution >= 0.6 is 0 Å². The smallest absolute Gasteiger partial charge is 0.387 e. The largest absolute Gasteiger partial charge is 0.493 e. The van der Waals surface area contributed by atoms with Crippen LogP contribution in [0.4, 0.5) is 14.5 Å². The summed E-state index contributed by atoms with van der Waals surface area (Å²) >= 11 is 0. The Hall–Kier alpha value is -2.49. The van der Waals surface area contributed by atoms with E-state index in [1.165, 1.54) is 7.11 Å². The highest BCUT2D eigenvalue weighted by Crippen LogP contribution is 2.36. The highest BCUT2D eigenvalue weighted by atomic mass is 19.3. The average Bonchev–Trinajstić information content (AvgIpc) is 3.36. The molecule has 0 aliphatic heterocycles. The molecule has 8 nitrogen and oxygen atoms in total. The van der Waals surface area contributed by atoms with E-state index >= 15 is 0 Å². The van der Waals surface area contributed by atoms with Crippen molar-refractivity contribution in [3.63, 3.8) is 0 Å². The number of methoxy groups -OCH3 is 1. The first-order valence-electron chi connectivity index (χ1n) is 7.18. The molecular formula is C14H17F2N3O5. The van der Waals surface area contributed by atoms with Gasteiger partial charge in [-0.2, -0.15) is 8.78 Å². The molecule has 1 aromatic carbocycles. The minimum absolute atomic E-state index is 0.165. The van der Waals surface area contributed by atoms with E-state index in [1.807, 2.05) is 0 Å². The summed E-state index contributed by atoms with van der Waals surface area (Å²) in [6, 6.07) is 1.51. The number of ether oxygens (including phenoxy) is 2. The van der Waals surface area contributed by atoms with E-state index in [4.69, 9.17) is 10.5 Å². The van der Waals surface area contributed by atoms with Gasteiger partial charge in [0, 0.05) is 18.7 Å². The van der Waals surface area contributed by atoms with Gasteiger partial charge in [0.1, 0.15) is 5.56 Å². The van der Waals surface area contributed by atoms with Gasteiger partial charge in [-0.3, -0.25) is 14.9 Å². The summed E-state index contributed by atoms with van der Waals surface area (Å²) in [5, 5.41) is 13.7. The van der Waals surface area contributed by atoms with Crippen LogP contribution in [0.15, 0.2) is 12.1 Å². The van der Waals surface area contributed by atoms with Crippen molar-refractivity contribution in [2.24, 2.45) is 11.7 Å². The fourth-order valence-corrected chi connectivity index (χ4v) is 2.23. The number of nitrogens with one attached hydrogen (secondary N) is 1. The molecular weight excluding hydrogens is 328 g/mol. The van der Waals surface area contributed by atoms with Crippen LogP contribution in [0, 0.1) is 16.0 Å². The van der Waals surface area contributed by atoms with Crippen molar-refractivity contribution in [1.29, 1.82) is 0 Å². The molecule has 0 bridgehead atoms. The Morgan fingerprint density at radius 3 is 2.62 bits per heavy atom. The molecule has 1 unspecified atom stereocenters. The fourth-order valence-electron chi connectivity index (χ4n) is 2.23. The Bertz CT molecular complexity index is 637. The second-order valence-corrected chi connectivity index (χ2v) is 5.37. The molecule has 1 fully saturated rings. The van der Waals surface area contributed by atoms with Crippen molar-refractivity contribution < 1.29 is 28.0 Å². The van der Waals surface area contributed by atoms with Gasteiger partial charge in [0.25, 0.3) is 11.6 Å². The maximum Gasteiger partial charge on any atom is 0.387 e. The number of amides is 1. The number of carbonyl (C=O) groups excluding carboxylic acids is 1. The SMILES string of the molecule is COc1cc(C(=O)NCC(N)C2CC2)c([N+](=O)[O-])cc1OC(F)F. The average molecular weight is 345 g/mol. The number of nitro benzene ring substituents is 1. The van der Waals surface area contributed by atoms with Crippen LogP contribution in [0.3, 0.4) is 0 Å². The molecule has 132 valence electrons. The van der Waals surface area contributed by atoms with E-state index in [0.717, 1.165) is 25.0 Å². The Morgan fingerprint density at radius 1 is 1.46 bits per heavy atom. The third-order valence-electron chi connectivity index (χ3n) is 3.67. The Kier molecular flexibility index (Phi) is 5.50. The molecule has 1 saturated carbocycles.